The number of rotatable bonds is 6. The molecule has 4 rings (SSSR count). The van der Waals surface area contributed by atoms with E-state index in [9.17, 15) is 14.7 Å². The first-order valence-electron chi connectivity index (χ1n) is 11.0. The summed E-state index contributed by atoms with van der Waals surface area (Å²) in [6.07, 6.45) is 4.01. The standard InChI is InChI=1S/C25H29N3O4/c1-17-4-5-18(2)20(16-17)23(29)21-22(19-6-8-26-9-7-19)28(25(31)24(21)30)11-3-10-27-12-14-32-15-13-27/h4-9,16,22,29H,3,10-15H2,1-2H3/b23-21+. The summed E-state index contributed by atoms with van der Waals surface area (Å²) in [7, 11) is 0. The summed E-state index contributed by atoms with van der Waals surface area (Å²) < 4.78 is 5.40. The number of nitrogens with zero attached hydrogens (tertiary/aromatic N) is 3. The number of carbonyl (C=O) groups is 2. The van der Waals surface area contributed by atoms with Gasteiger partial charge in [-0.3, -0.25) is 19.5 Å². The van der Waals surface area contributed by atoms with E-state index in [4.69, 9.17) is 4.74 Å². The molecule has 2 aromatic rings. The predicted molar refractivity (Wildman–Crippen MR) is 121 cm³/mol. The largest absolute Gasteiger partial charge is 0.507 e. The molecular formula is C25H29N3O4. The summed E-state index contributed by atoms with van der Waals surface area (Å²) in [4.78, 5) is 34.1. The van der Waals surface area contributed by atoms with Crippen LogP contribution in [0.1, 0.15) is 34.7 Å². The van der Waals surface area contributed by atoms with Gasteiger partial charge in [0.15, 0.2) is 0 Å². The van der Waals surface area contributed by atoms with Crippen LogP contribution in [-0.2, 0) is 14.3 Å². The second kappa shape index (κ2) is 9.63. The molecule has 1 aromatic carbocycles. The Morgan fingerprint density at radius 3 is 2.53 bits per heavy atom. The molecule has 2 fully saturated rings. The number of likely N-dealkylation sites (tertiary alicyclic amines) is 1. The monoisotopic (exact) mass is 435 g/mol. The van der Waals surface area contributed by atoms with Crippen molar-refractivity contribution in [3.63, 3.8) is 0 Å². The van der Waals surface area contributed by atoms with Gasteiger partial charge in [-0.2, -0.15) is 0 Å². The second-order valence-electron chi connectivity index (χ2n) is 8.40. The Kier molecular flexibility index (Phi) is 6.67. The van der Waals surface area contributed by atoms with Crippen LogP contribution in [0, 0.1) is 13.8 Å². The van der Waals surface area contributed by atoms with Crippen molar-refractivity contribution in [3.05, 3.63) is 70.6 Å². The fourth-order valence-electron chi connectivity index (χ4n) is 4.43. The number of aliphatic hydroxyl groups excluding tert-OH is 1. The average molecular weight is 436 g/mol. The third-order valence-corrected chi connectivity index (χ3v) is 6.19. The number of morpholine rings is 1. The lowest BCUT2D eigenvalue weighted by Crippen LogP contribution is -2.38. The Balaban J connectivity index is 1.68. The minimum Gasteiger partial charge on any atom is -0.507 e. The molecular weight excluding hydrogens is 406 g/mol. The smallest absolute Gasteiger partial charge is 0.295 e. The zero-order valence-electron chi connectivity index (χ0n) is 18.6. The van der Waals surface area contributed by atoms with Gasteiger partial charge in [0.2, 0.25) is 0 Å². The first-order valence-corrected chi connectivity index (χ1v) is 11.0. The highest BCUT2D eigenvalue weighted by Crippen LogP contribution is 2.39. The van der Waals surface area contributed by atoms with Gasteiger partial charge in [0, 0.05) is 44.1 Å². The van der Waals surface area contributed by atoms with E-state index in [0.717, 1.165) is 56.0 Å². The summed E-state index contributed by atoms with van der Waals surface area (Å²) in [6, 6.07) is 8.66. The third-order valence-electron chi connectivity index (χ3n) is 6.19. The van der Waals surface area contributed by atoms with Crippen LogP contribution >= 0.6 is 0 Å². The van der Waals surface area contributed by atoms with Gasteiger partial charge in [-0.15, -0.1) is 0 Å². The van der Waals surface area contributed by atoms with Crippen molar-refractivity contribution in [2.75, 3.05) is 39.4 Å². The van der Waals surface area contributed by atoms with Crippen LogP contribution in [0.15, 0.2) is 48.3 Å². The zero-order valence-corrected chi connectivity index (χ0v) is 18.6. The van der Waals surface area contributed by atoms with E-state index in [1.807, 2.05) is 32.0 Å². The minimum atomic E-state index is -0.642. The number of aliphatic hydroxyl groups is 1. The summed E-state index contributed by atoms with van der Waals surface area (Å²) in [5, 5.41) is 11.2. The fraction of sp³-hybridized carbons (Fsp3) is 0.400. The number of pyridine rings is 1. The van der Waals surface area contributed by atoms with Gasteiger partial charge in [0.25, 0.3) is 11.7 Å². The fourth-order valence-corrected chi connectivity index (χ4v) is 4.43. The van der Waals surface area contributed by atoms with Crippen LogP contribution in [0.5, 0.6) is 0 Å². The van der Waals surface area contributed by atoms with E-state index >= 15 is 0 Å². The first-order chi connectivity index (χ1) is 15.5. The summed E-state index contributed by atoms with van der Waals surface area (Å²) >= 11 is 0. The van der Waals surface area contributed by atoms with Gasteiger partial charge in [0.1, 0.15) is 5.76 Å². The van der Waals surface area contributed by atoms with E-state index in [1.54, 1.807) is 29.4 Å². The van der Waals surface area contributed by atoms with Crippen molar-refractivity contribution in [1.29, 1.82) is 0 Å². The van der Waals surface area contributed by atoms with Gasteiger partial charge in [-0.05, 0) is 49.6 Å². The molecule has 3 heterocycles. The molecule has 1 aromatic heterocycles. The van der Waals surface area contributed by atoms with Crippen LogP contribution in [-0.4, -0.2) is 71.0 Å². The van der Waals surface area contributed by atoms with E-state index < -0.39 is 17.7 Å². The number of benzene rings is 1. The highest BCUT2D eigenvalue weighted by Gasteiger charge is 2.45. The molecule has 0 radical (unpaired) electrons. The number of carbonyl (C=O) groups excluding carboxylic acids is 2. The first kappa shape index (κ1) is 22.2. The van der Waals surface area contributed by atoms with Crippen LogP contribution in [0.3, 0.4) is 0 Å². The lowest BCUT2D eigenvalue weighted by molar-refractivity contribution is -0.140. The Morgan fingerprint density at radius 2 is 1.81 bits per heavy atom. The molecule has 168 valence electrons. The zero-order chi connectivity index (χ0) is 22.7. The van der Waals surface area contributed by atoms with E-state index in [1.165, 1.54) is 0 Å². The van der Waals surface area contributed by atoms with Gasteiger partial charge >= 0.3 is 0 Å². The topological polar surface area (TPSA) is 83.0 Å². The molecule has 2 aliphatic rings. The second-order valence-corrected chi connectivity index (χ2v) is 8.40. The number of aromatic nitrogens is 1. The Bertz CT molecular complexity index is 1030. The van der Waals surface area contributed by atoms with Crippen molar-refractivity contribution in [2.45, 2.75) is 26.3 Å². The van der Waals surface area contributed by atoms with Gasteiger partial charge in [-0.1, -0.05) is 17.7 Å². The number of ether oxygens (including phenoxy) is 1. The third kappa shape index (κ3) is 4.45. The van der Waals surface area contributed by atoms with Crippen molar-refractivity contribution >= 4 is 17.4 Å². The van der Waals surface area contributed by atoms with E-state index in [2.05, 4.69) is 9.88 Å². The van der Waals surface area contributed by atoms with E-state index in [-0.39, 0.29) is 11.3 Å². The maximum Gasteiger partial charge on any atom is 0.295 e. The number of hydrogen-bond acceptors (Lipinski definition) is 6. The van der Waals surface area contributed by atoms with Crippen molar-refractivity contribution in [2.24, 2.45) is 0 Å². The maximum atomic E-state index is 13.1. The molecule has 0 bridgehead atoms. The van der Waals surface area contributed by atoms with Gasteiger partial charge in [0.05, 0.1) is 24.8 Å². The molecule has 7 nitrogen and oxygen atoms in total. The van der Waals surface area contributed by atoms with Gasteiger partial charge < -0.3 is 14.7 Å². The minimum absolute atomic E-state index is 0.123. The molecule has 1 N–H and O–H groups in total. The summed E-state index contributed by atoms with van der Waals surface area (Å²) in [5.41, 5.74) is 3.30. The molecule has 0 aliphatic carbocycles. The van der Waals surface area contributed by atoms with Gasteiger partial charge in [-0.25, -0.2) is 0 Å². The molecule has 2 aliphatic heterocycles. The van der Waals surface area contributed by atoms with Crippen LogP contribution < -0.4 is 0 Å². The highest BCUT2D eigenvalue weighted by molar-refractivity contribution is 6.46. The lowest BCUT2D eigenvalue weighted by Gasteiger charge is -2.29. The van der Waals surface area contributed by atoms with E-state index in [0.29, 0.717) is 12.1 Å². The SMILES string of the molecule is Cc1ccc(C)c(/C(O)=C2\C(=O)C(=O)N(CCCN3CCOCC3)C2c2ccncc2)c1. The molecule has 7 heteroatoms. The molecule has 32 heavy (non-hydrogen) atoms. The van der Waals surface area contributed by atoms with Crippen LogP contribution in [0.4, 0.5) is 0 Å². The predicted octanol–water partition coefficient (Wildman–Crippen LogP) is 2.84. The number of hydrogen-bond donors (Lipinski definition) is 1. The van der Waals surface area contributed by atoms with Crippen molar-refractivity contribution in [1.82, 2.24) is 14.8 Å². The molecule has 1 amide bonds. The Morgan fingerprint density at radius 1 is 1.09 bits per heavy atom. The Labute approximate surface area is 188 Å². The molecule has 1 unspecified atom stereocenters. The molecule has 0 saturated carbocycles. The molecule has 1 atom stereocenters. The van der Waals surface area contributed by atoms with Crippen molar-refractivity contribution in [3.8, 4) is 0 Å². The number of amides is 1. The van der Waals surface area contributed by atoms with Crippen molar-refractivity contribution < 1.29 is 19.4 Å². The number of aryl methyl sites for hydroxylation is 2. The van der Waals surface area contributed by atoms with Crippen LogP contribution in [0.2, 0.25) is 0 Å². The molecule has 0 spiro atoms. The summed E-state index contributed by atoms with van der Waals surface area (Å²) in [6.45, 7) is 8.26. The maximum absolute atomic E-state index is 13.1. The quantitative estimate of drug-likeness (QED) is 0.427. The highest BCUT2D eigenvalue weighted by atomic mass is 16.5. The lowest BCUT2D eigenvalue weighted by atomic mass is 9.93. The van der Waals surface area contributed by atoms with Crippen LogP contribution in [0.25, 0.3) is 5.76 Å². The number of Topliss-reactive ketones (excluding diaryl/α,β-unsaturated/α-hetero) is 1. The summed E-state index contributed by atoms with van der Waals surface area (Å²) in [5.74, 6) is -1.33. The number of ketones is 1. The normalized spacial score (nSPS) is 21.3. The Hall–Kier alpha value is -3.03. The average Bonchev–Trinajstić information content (AvgIpc) is 3.06. The molecule has 2 saturated heterocycles.